The highest BCUT2D eigenvalue weighted by Crippen LogP contribution is 2.32. The monoisotopic (exact) mass is 274 g/mol. The molecule has 0 radical (unpaired) electrons. The van der Waals surface area contributed by atoms with Crippen LogP contribution in [0.3, 0.4) is 0 Å². The molecular formula is C10H12Cl2N4O. The zero-order valence-electron chi connectivity index (χ0n) is 9.34. The molecule has 0 fully saturated rings. The Hall–Kier alpha value is -1.46. The molecule has 4 N–H and O–H groups in total. The number of nitrogens with one attached hydrogen (secondary N) is 2. The van der Waals surface area contributed by atoms with Gasteiger partial charge in [-0.1, -0.05) is 23.2 Å². The van der Waals surface area contributed by atoms with E-state index in [2.05, 4.69) is 5.32 Å². The van der Waals surface area contributed by atoms with Crippen LogP contribution in [0.2, 0.25) is 10.0 Å². The zero-order chi connectivity index (χ0) is 13.2. The third-order valence-electron chi connectivity index (χ3n) is 2.10. The summed E-state index contributed by atoms with van der Waals surface area (Å²) in [6, 6.07) is 2.59. The van der Waals surface area contributed by atoms with E-state index in [1.165, 1.54) is 13.1 Å². The van der Waals surface area contributed by atoms with E-state index in [1.807, 2.05) is 0 Å². The number of amides is 2. The standard InChI is InChI=1S/C10H12Cl2N4O/c1-5-3-6(11)4-7(12)8(5)16(9(13)14)10(17)15-2/h3-4H,1-2H3,(H3,13,14)(H,15,17). The van der Waals surface area contributed by atoms with Gasteiger partial charge in [0, 0.05) is 12.1 Å². The topological polar surface area (TPSA) is 82.2 Å². The normalized spacial score (nSPS) is 9.88. The number of nitrogens with zero attached hydrogens (tertiary/aromatic N) is 1. The Labute approximate surface area is 109 Å². The fourth-order valence-electron chi connectivity index (χ4n) is 1.42. The Kier molecular flexibility index (Phi) is 4.20. The van der Waals surface area contributed by atoms with Crippen LogP contribution in [0.1, 0.15) is 5.56 Å². The summed E-state index contributed by atoms with van der Waals surface area (Å²) < 4.78 is 0. The van der Waals surface area contributed by atoms with Crippen LogP contribution in [-0.2, 0) is 0 Å². The molecule has 0 atom stereocenters. The van der Waals surface area contributed by atoms with Crippen LogP contribution in [-0.4, -0.2) is 19.0 Å². The fourth-order valence-corrected chi connectivity index (χ4v) is 2.10. The predicted octanol–water partition coefficient (Wildman–Crippen LogP) is 2.34. The van der Waals surface area contributed by atoms with Gasteiger partial charge in [0.05, 0.1) is 10.7 Å². The lowest BCUT2D eigenvalue weighted by Gasteiger charge is -2.23. The lowest BCUT2D eigenvalue weighted by atomic mass is 10.2. The molecule has 0 saturated carbocycles. The molecule has 17 heavy (non-hydrogen) atoms. The van der Waals surface area contributed by atoms with E-state index in [0.29, 0.717) is 16.3 Å². The molecule has 0 aliphatic carbocycles. The summed E-state index contributed by atoms with van der Waals surface area (Å²) in [5, 5.41) is 10.5. The van der Waals surface area contributed by atoms with Gasteiger partial charge in [0.1, 0.15) is 0 Å². The van der Waals surface area contributed by atoms with E-state index in [4.69, 9.17) is 34.3 Å². The van der Waals surface area contributed by atoms with Crippen molar-refractivity contribution in [1.82, 2.24) is 5.32 Å². The third-order valence-corrected chi connectivity index (χ3v) is 2.61. The van der Waals surface area contributed by atoms with Crippen LogP contribution in [0.25, 0.3) is 0 Å². The molecule has 0 aliphatic heterocycles. The number of aryl methyl sites for hydroxylation is 1. The van der Waals surface area contributed by atoms with Gasteiger partial charge in [-0.3, -0.25) is 5.41 Å². The Balaban J connectivity index is 3.38. The molecule has 0 aromatic heterocycles. The van der Waals surface area contributed by atoms with Gasteiger partial charge < -0.3 is 11.1 Å². The summed E-state index contributed by atoms with van der Waals surface area (Å²) in [7, 11) is 1.44. The highest BCUT2D eigenvalue weighted by molar-refractivity contribution is 6.38. The first kappa shape index (κ1) is 13.6. The van der Waals surface area contributed by atoms with E-state index in [9.17, 15) is 4.79 Å². The quantitative estimate of drug-likeness (QED) is 0.543. The average molecular weight is 275 g/mol. The van der Waals surface area contributed by atoms with Gasteiger partial charge in [-0.2, -0.15) is 0 Å². The molecule has 7 heteroatoms. The average Bonchev–Trinajstić information content (AvgIpc) is 2.21. The summed E-state index contributed by atoms with van der Waals surface area (Å²) in [4.78, 5) is 12.6. The van der Waals surface area contributed by atoms with Gasteiger partial charge in [0.15, 0.2) is 0 Å². The minimum Gasteiger partial charge on any atom is -0.369 e. The first-order valence-electron chi connectivity index (χ1n) is 4.70. The number of urea groups is 1. The summed E-state index contributed by atoms with van der Waals surface area (Å²) in [5.74, 6) is -0.420. The van der Waals surface area contributed by atoms with Crippen molar-refractivity contribution in [3.63, 3.8) is 0 Å². The Morgan fingerprint density at radius 2 is 2.06 bits per heavy atom. The van der Waals surface area contributed by atoms with Crippen LogP contribution in [0.5, 0.6) is 0 Å². The molecule has 5 nitrogen and oxygen atoms in total. The Morgan fingerprint density at radius 3 is 2.47 bits per heavy atom. The van der Waals surface area contributed by atoms with E-state index in [-0.39, 0.29) is 5.02 Å². The molecule has 0 heterocycles. The Morgan fingerprint density at radius 1 is 1.47 bits per heavy atom. The molecule has 0 saturated heterocycles. The summed E-state index contributed by atoms with van der Waals surface area (Å²) >= 11 is 11.8. The molecule has 1 aromatic carbocycles. The predicted molar refractivity (Wildman–Crippen MR) is 70.0 cm³/mol. The SMILES string of the molecule is CNC(=O)N(C(=N)N)c1c(C)cc(Cl)cc1Cl. The number of rotatable bonds is 1. The van der Waals surface area contributed by atoms with Crippen molar-refractivity contribution in [1.29, 1.82) is 5.41 Å². The number of hydrogen-bond donors (Lipinski definition) is 3. The maximum Gasteiger partial charge on any atom is 0.328 e. The second-order valence-corrected chi connectivity index (χ2v) is 4.17. The van der Waals surface area contributed by atoms with Crippen molar-refractivity contribution < 1.29 is 4.79 Å². The van der Waals surface area contributed by atoms with Crippen molar-refractivity contribution in [2.75, 3.05) is 11.9 Å². The third kappa shape index (κ3) is 2.81. The van der Waals surface area contributed by atoms with Crippen molar-refractivity contribution in [2.24, 2.45) is 5.73 Å². The Bertz CT molecular complexity index is 452. The number of carbonyl (C=O) groups excluding carboxylic acids is 1. The summed E-state index contributed by atoms with van der Waals surface area (Å²) in [5.41, 5.74) is 6.38. The number of hydrogen-bond acceptors (Lipinski definition) is 2. The van der Waals surface area contributed by atoms with Gasteiger partial charge >= 0.3 is 6.03 Å². The van der Waals surface area contributed by atoms with E-state index in [0.717, 1.165) is 4.90 Å². The maximum atomic E-state index is 11.6. The van der Waals surface area contributed by atoms with Gasteiger partial charge in [-0.05, 0) is 24.6 Å². The zero-order valence-corrected chi connectivity index (χ0v) is 10.9. The van der Waals surface area contributed by atoms with E-state index < -0.39 is 12.0 Å². The highest BCUT2D eigenvalue weighted by atomic mass is 35.5. The van der Waals surface area contributed by atoms with Crippen molar-refractivity contribution >= 4 is 40.9 Å². The molecule has 0 spiro atoms. The van der Waals surface area contributed by atoms with Crippen LogP contribution < -0.4 is 16.0 Å². The molecule has 92 valence electrons. The summed E-state index contributed by atoms with van der Waals surface area (Å²) in [6.45, 7) is 1.73. The van der Waals surface area contributed by atoms with Crippen LogP contribution in [0, 0.1) is 12.3 Å². The van der Waals surface area contributed by atoms with Crippen LogP contribution in [0.4, 0.5) is 10.5 Å². The summed E-state index contributed by atoms with van der Waals surface area (Å²) in [6.07, 6.45) is 0. The molecule has 1 rings (SSSR count). The number of nitrogens with two attached hydrogens (primary N) is 1. The number of carbonyl (C=O) groups is 1. The van der Waals surface area contributed by atoms with Crippen LogP contribution in [0.15, 0.2) is 12.1 Å². The number of guanidine groups is 1. The van der Waals surface area contributed by atoms with Crippen molar-refractivity contribution in [2.45, 2.75) is 6.92 Å². The first-order valence-corrected chi connectivity index (χ1v) is 5.45. The van der Waals surface area contributed by atoms with E-state index in [1.54, 1.807) is 13.0 Å². The molecule has 1 aromatic rings. The minimum atomic E-state index is -0.537. The van der Waals surface area contributed by atoms with Crippen LogP contribution >= 0.6 is 23.2 Å². The molecule has 2 amide bonds. The largest absolute Gasteiger partial charge is 0.369 e. The second-order valence-electron chi connectivity index (χ2n) is 3.33. The molecular weight excluding hydrogens is 263 g/mol. The number of benzene rings is 1. The maximum absolute atomic E-state index is 11.6. The van der Waals surface area contributed by atoms with E-state index >= 15 is 0 Å². The van der Waals surface area contributed by atoms with Gasteiger partial charge in [0.2, 0.25) is 5.96 Å². The molecule has 0 unspecified atom stereocenters. The lowest BCUT2D eigenvalue weighted by molar-refractivity contribution is 0.251. The fraction of sp³-hybridized carbons (Fsp3) is 0.200. The number of halogens is 2. The molecule has 0 bridgehead atoms. The highest BCUT2D eigenvalue weighted by Gasteiger charge is 2.22. The minimum absolute atomic E-state index is 0.258. The van der Waals surface area contributed by atoms with Gasteiger partial charge in [-0.15, -0.1) is 0 Å². The second kappa shape index (κ2) is 5.25. The first-order chi connectivity index (χ1) is 7.88. The smallest absolute Gasteiger partial charge is 0.328 e. The molecule has 0 aliphatic rings. The van der Waals surface area contributed by atoms with Crippen molar-refractivity contribution in [3.05, 3.63) is 27.7 Å². The van der Waals surface area contributed by atoms with Gasteiger partial charge in [-0.25, -0.2) is 9.69 Å². The lowest BCUT2D eigenvalue weighted by Crippen LogP contribution is -2.46. The van der Waals surface area contributed by atoms with Crippen molar-refractivity contribution in [3.8, 4) is 0 Å². The van der Waals surface area contributed by atoms with Gasteiger partial charge in [0.25, 0.3) is 0 Å². The number of anilines is 1.